The third-order valence-corrected chi connectivity index (χ3v) is 2.34. The molecule has 0 saturated heterocycles. The van der Waals surface area contributed by atoms with Crippen LogP contribution >= 0.6 is 0 Å². The van der Waals surface area contributed by atoms with Gasteiger partial charge < -0.3 is 0 Å². The van der Waals surface area contributed by atoms with Crippen LogP contribution in [-0.4, -0.2) is 0 Å². The maximum atomic E-state index is 2.34. The highest BCUT2D eigenvalue weighted by Crippen LogP contribution is 2.20. The molecule has 0 heteroatoms. The molecular formula is C15H26. The molecule has 0 nitrogen and oxygen atoms in total. The highest BCUT2D eigenvalue weighted by molar-refractivity contribution is 5.23. The quantitative estimate of drug-likeness (QED) is 0.528. The molecule has 0 rings (SSSR count). The van der Waals surface area contributed by atoms with Gasteiger partial charge in [-0.25, -0.2) is 0 Å². The van der Waals surface area contributed by atoms with Crippen LogP contribution < -0.4 is 0 Å². The van der Waals surface area contributed by atoms with Gasteiger partial charge in [0.2, 0.25) is 0 Å². The summed E-state index contributed by atoms with van der Waals surface area (Å²) < 4.78 is 0. The van der Waals surface area contributed by atoms with E-state index in [-0.39, 0.29) is 0 Å². The summed E-state index contributed by atoms with van der Waals surface area (Å²) in [4.78, 5) is 0. The molecule has 15 heavy (non-hydrogen) atoms. The first-order valence-electron chi connectivity index (χ1n) is 6.04. The zero-order valence-corrected chi connectivity index (χ0v) is 11.0. The summed E-state index contributed by atoms with van der Waals surface area (Å²) in [7, 11) is 0. The SMILES string of the molecule is C\C=C/C=C(\C=C/C)CC(C)CC(C)C. The number of hydrogen-bond donors (Lipinski definition) is 0. The molecule has 0 aromatic heterocycles. The van der Waals surface area contributed by atoms with Crippen LogP contribution in [0.25, 0.3) is 0 Å². The Morgan fingerprint density at radius 3 is 2.20 bits per heavy atom. The van der Waals surface area contributed by atoms with Crippen LogP contribution in [-0.2, 0) is 0 Å². The summed E-state index contributed by atoms with van der Waals surface area (Å²) in [6.07, 6.45) is 13.3. The summed E-state index contributed by atoms with van der Waals surface area (Å²) >= 11 is 0. The first-order valence-corrected chi connectivity index (χ1v) is 6.04. The van der Waals surface area contributed by atoms with Gasteiger partial charge in [-0.15, -0.1) is 0 Å². The Kier molecular flexibility index (Phi) is 8.08. The number of allylic oxidation sites excluding steroid dienone is 6. The molecule has 0 amide bonds. The van der Waals surface area contributed by atoms with Crippen molar-refractivity contribution in [2.45, 2.75) is 47.5 Å². The molecule has 1 unspecified atom stereocenters. The molecule has 0 aromatic rings. The van der Waals surface area contributed by atoms with E-state index < -0.39 is 0 Å². The predicted molar refractivity (Wildman–Crippen MR) is 70.9 cm³/mol. The van der Waals surface area contributed by atoms with Crippen molar-refractivity contribution in [3.63, 3.8) is 0 Å². The summed E-state index contributed by atoms with van der Waals surface area (Å²) in [6, 6.07) is 0. The lowest BCUT2D eigenvalue weighted by Gasteiger charge is -2.14. The molecule has 86 valence electrons. The van der Waals surface area contributed by atoms with Crippen LogP contribution in [0.5, 0.6) is 0 Å². The Balaban J connectivity index is 4.28. The molecule has 0 aliphatic heterocycles. The minimum Gasteiger partial charge on any atom is -0.0877 e. The van der Waals surface area contributed by atoms with Gasteiger partial charge in [-0.1, -0.05) is 51.2 Å². The lowest BCUT2D eigenvalue weighted by molar-refractivity contribution is 0.438. The van der Waals surface area contributed by atoms with E-state index in [4.69, 9.17) is 0 Å². The first kappa shape index (κ1) is 14.2. The molecule has 0 fully saturated rings. The fourth-order valence-electron chi connectivity index (χ4n) is 1.92. The zero-order chi connectivity index (χ0) is 11.7. The van der Waals surface area contributed by atoms with Gasteiger partial charge in [0.25, 0.3) is 0 Å². The smallest absolute Gasteiger partial charge is 0.0253 e. The van der Waals surface area contributed by atoms with E-state index in [2.05, 4.69) is 65.0 Å². The minimum atomic E-state index is 0.776. The lowest BCUT2D eigenvalue weighted by atomic mass is 9.92. The van der Waals surface area contributed by atoms with E-state index in [1.165, 1.54) is 18.4 Å². The third kappa shape index (κ3) is 8.23. The monoisotopic (exact) mass is 206 g/mol. The van der Waals surface area contributed by atoms with Crippen molar-refractivity contribution in [3.05, 3.63) is 36.0 Å². The van der Waals surface area contributed by atoms with Gasteiger partial charge in [0, 0.05) is 0 Å². The van der Waals surface area contributed by atoms with Crippen LogP contribution in [0, 0.1) is 11.8 Å². The summed E-state index contributed by atoms with van der Waals surface area (Å²) in [5.41, 5.74) is 1.43. The maximum absolute atomic E-state index is 2.34. The van der Waals surface area contributed by atoms with Crippen LogP contribution in [0.1, 0.15) is 47.5 Å². The lowest BCUT2D eigenvalue weighted by Crippen LogP contribution is -2.00. The molecule has 0 spiro atoms. The average molecular weight is 206 g/mol. The first-order chi connectivity index (χ1) is 7.10. The van der Waals surface area contributed by atoms with E-state index >= 15 is 0 Å². The highest BCUT2D eigenvalue weighted by Gasteiger charge is 2.05. The van der Waals surface area contributed by atoms with Crippen molar-refractivity contribution >= 4 is 0 Å². The predicted octanol–water partition coefficient (Wildman–Crippen LogP) is 5.14. The van der Waals surface area contributed by atoms with Gasteiger partial charge in [-0.2, -0.15) is 0 Å². The van der Waals surface area contributed by atoms with Gasteiger partial charge in [0.1, 0.15) is 0 Å². The van der Waals surface area contributed by atoms with Crippen LogP contribution in [0.15, 0.2) is 36.0 Å². The van der Waals surface area contributed by atoms with E-state index in [0.29, 0.717) is 0 Å². The molecule has 0 saturated carbocycles. The van der Waals surface area contributed by atoms with E-state index in [1.807, 2.05) is 0 Å². The molecule has 0 N–H and O–H groups in total. The molecule has 0 bridgehead atoms. The Morgan fingerprint density at radius 1 is 1.07 bits per heavy atom. The van der Waals surface area contributed by atoms with Gasteiger partial charge >= 0.3 is 0 Å². The van der Waals surface area contributed by atoms with E-state index in [0.717, 1.165) is 11.8 Å². The Bertz CT molecular complexity index is 228. The standard InChI is InChI=1S/C15H26/c1-6-8-10-15(9-7-2)12-14(5)11-13(3)4/h6-10,13-14H,11-12H2,1-5H3/b8-6-,9-7-,15-10+. The second-order valence-corrected chi connectivity index (χ2v) is 4.71. The summed E-state index contributed by atoms with van der Waals surface area (Å²) in [6.45, 7) is 11.1. The fourth-order valence-corrected chi connectivity index (χ4v) is 1.92. The van der Waals surface area contributed by atoms with Crippen molar-refractivity contribution in [1.29, 1.82) is 0 Å². The normalized spacial score (nSPS) is 15.7. The van der Waals surface area contributed by atoms with Crippen LogP contribution in [0.4, 0.5) is 0 Å². The zero-order valence-electron chi connectivity index (χ0n) is 11.0. The van der Waals surface area contributed by atoms with E-state index in [1.54, 1.807) is 0 Å². The molecule has 0 aliphatic rings. The minimum absolute atomic E-state index is 0.776. The Morgan fingerprint density at radius 2 is 1.73 bits per heavy atom. The maximum Gasteiger partial charge on any atom is -0.0253 e. The van der Waals surface area contributed by atoms with Gasteiger partial charge in [-0.05, 0) is 44.1 Å². The Labute approximate surface area is 95.8 Å². The van der Waals surface area contributed by atoms with Crippen molar-refractivity contribution in [1.82, 2.24) is 0 Å². The number of hydrogen-bond acceptors (Lipinski definition) is 0. The van der Waals surface area contributed by atoms with Gasteiger partial charge in [0.15, 0.2) is 0 Å². The largest absolute Gasteiger partial charge is 0.0877 e. The molecule has 0 heterocycles. The third-order valence-electron chi connectivity index (χ3n) is 2.34. The topological polar surface area (TPSA) is 0 Å². The summed E-state index contributed by atoms with van der Waals surface area (Å²) in [5, 5.41) is 0. The van der Waals surface area contributed by atoms with Crippen LogP contribution in [0.3, 0.4) is 0 Å². The summed E-state index contributed by atoms with van der Waals surface area (Å²) in [5.74, 6) is 1.58. The van der Waals surface area contributed by atoms with Gasteiger partial charge in [-0.3, -0.25) is 0 Å². The number of rotatable bonds is 6. The van der Waals surface area contributed by atoms with Gasteiger partial charge in [0.05, 0.1) is 0 Å². The fraction of sp³-hybridized carbons (Fsp3) is 0.600. The Hall–Kier alpha value is -0.780. The molecule has 0 radical (unpaired) electrons. The van der Waals surface area contributed by atoms with Crippen molar-refractivity contribution in [3.8, 4) is 0 Å². The molecular weight excluding hydrogens is 180 g/mol. The second-order valence-electron chi connectivity index (χ2n) is 4.71. The van der Waals surface area contributed by atoms with Crippen molar-refractivity contribution in [2.24, 2.45) is 11.8 Å². The van der Waals surface area contributed by atoms with E-state index in [9.17, 15) is 0 Å². The second kappa shape index (κ2) is 8.52. The molecule has 0 aliphatic carbocycles. The average Bonchev–Trinajstić information content (AvgIpc) is 2.13. The van der Waals surface area contributed by atoms with Crippen molar-refractivity contribution in [2.75, 3.05) is 0 Å². The van der Waals surface area contributed by atoms with Crippen LogP contribution in [0.2, 0.25) is 0 Å². The molecule has 0 aromatic carbocycles. The highest BCUT2D eigenvalue weighted by atomic mass is 14.1. The van der Waals surface area contributed by atoms with Crippen molar-refractivity contribution < 1.29 is 0 Å². The molecule has 1 atom stereocenters.